The fourth-order valence-electron chi connectivity index (χ4n) is 2.50. The molecule has 0 aliphatic carbocycles. The minimum Gasteiger partial charge on any atom is -0.493 e. The zero-order valence-corrected chi connectivity index (χ0v) is 16.9. The number of rotatable bonds is 11. The highest BCUT2D eigenvalue weighted by molar-refractivity contribution is 9.10. The Morgan fingerprint density at radius 3 is 2.46 bits per heavy atom. The molecule has 2 N–H and O–H groups in total. The predicted molar refractivity (Wildman–Crippen MR) is 106 cm³/mol. The van der Waals surface area contributed by atoms with Gasteiger partial charge in [-0.25, -0.2) is 4.39 Å². The summed E-state index contributed by atoms with van der Waals surface area (Å²) in [6.45, 7) is 6.19. The van der Waals surface area contributed by atoms with Gasteiger partial charge in [0.15, 0.2) is 11.5 Å². The third-order valence-electron chi connectivity index (χ3n) is 3.87. The number of nitrogens with one attached hydrogen (secondary N) is 2. The van der Waals surface area contributed by atoms with Crippen molar-refractivity contribution in [1.29, 1.82) is 0 Å². The first-order valence-electron chi connectivity index (χ1n) is 8.79. The molecule has 6 heteroatoms. The second-order valence-electron chi connectivity index (χ2n) is 5.91. The molecule has 0 spiro atoms. The zero-order chi connectivity index (χ0) is 18.8. The Morgan fingerprint density at radius 1 is 1.04 bits per heavy atom. The van der Waals surface area contributed by atoms with E-state index >= 15 is 0 Å². The van der Waals surface area contributed by atoms with E-state index in [-0.39, 0.29) is 5.82 Å². The zero-order valence-electron chi connectivity index (χ0n) is 15.3. The lowest BCUT2D eigenvalue weighted by Crippen LogP contribution is -2.21. The number of halogens is 2. The molecule has 142 valence electrons. The maximum atomic E-state index is 13.0. The van der Waals surface area contributed by atoms with Gasteiger partial charge in [0.2, 0.25) is 0 Å². The molecule has 0 unspecified atom stereocenters. The van der Waals surface area contributed by atoms with E-state index in [4.69, 9.17) is 9.47 Å². The van der Waals surface area contributed by atoms with Crippen LogP contribution >= 0.6 is 15.9 Å². The maximum Gasteiger partial charge on any atom is 0.175 e. The van der Waals surface area contributed by atoms with E-state index in [1.807, 2.05) is 12.1 Å². The average Bonchev–Trinajstić information content (AvgIpc) is 2.64. The van der Waals surface area contributed by atoms with Gasteiger partial charge < -0.3 is 20.1 Å². The van der Waals surface area contributed by atoms with Crippen molar-refractivity contribution in [2.75, 3.05) is 26.7 Å². The number of methoxy groups -OCH3 is 1. The van der Waals surface area contributed by atoms with Crippen molar-refractivity contribution in [2.45, 2.75) is 26.5 Å². The smallest absolute Gasteiger partial charge is 0.175 e. The molecule has 26 heavy (non-hydrogen) atoms. The van der Waals surface area contributed by atoms with Gasteiger partial charge in [-0.1, -0.05) is 19.1 Å². The number of ether oxygens (including phenoxy) is 2. The minimum absolute atomic E-state index is 0.255. The Morgan fingerprint density at radius 2 is 1.77 bits per heavy atom. The van der Waals surface area contributed by atoms with Crippen molar-refractivity contribution in [1.82, 2.24) is 10.6 Å². The largest absolute Gasteiger partial charge is 0.493 e. The van der Waals surface area contributed by atoms with Gasteiger partial charge in [0, 0.05) is 6.54 Å². The van der Waals surface area contributed by atoms with Gasteiger partial charge in [-0.15, -0.1) is 0 Å². The summed E-state index contributed by atoms with van der Waals surface area (Å²) in [6, 6.07) is 10.3. The standard InChI is InChI=1S/C20H26BrFN2O2/c1-3-23-9-4-10-24-13-16-11-18(21)20(19(12-16)25-2)26-14-15-5-7-17(22)8-6-15/h5-8,11-12,23-24H,3-4,9-10,13-14H2,1-2H3. The van der Waals surface area contributed by atoms with E-state index < -0.39 is 0 Å². The highest BCUT2D eigenvalue weighted by Crippen LogP contribution is 2.37. The van der Waals surface area contributed by atoms with Gasteiger partial charge >= 0.3 is 0 Å². The summed E-state index contributed by atoms with van der Waals surface area (Å²) >= 11 is 3.56. The molecular weight excluding hydrogens is 399 g/mol. The third kappa shape index (κ3) is 6.59. The van der Waals surface area contributed by atoms with Crippen LogP contribution in [0.1, 0.15) is 24.5 Å². The number of hydrogen-bond acceptors (Lipinski definition) is 4. The lowest BCUT2D eigenvalue weighted by Gasteiger charge is -2.15. The number of benzene rings is 2. The minimum atomic E-state index is -0.255. The molecule has 0 aliphatic rings. The average molecular weight is 425 g/mol. The van der Waals surface area contributed by atoms with Crippen LogP contribution in [-0.2, 0) is 13.2 Å². The Kier molecular flexibility index (Phi) is 8.88. The van der Waals surface area contributed by atoms with Gasteiger partial charge in [0.05, 0.1) is 11.6 Å². The molecule has 2 aromatic rings. The summed E-state index contributed by atoms with van der Waals surface area (Å²) in [5, 5.41) is 6.74. The van der Waals surface area contributed by atoms with Gasteiger partial charge in [-0.2, -0.15) is 0 Å². The molecular formula is C20H26BrFN2O2. The Bertz CT molecular complexity index is 680. The second kappa shape index (κ2) is 11.2. The van der Waals surface area contributed by atoms with E-state index in [0.29, 0.717) is 18.1 Å². The van der Waals surface area contributed by atoms with Crippen molar-refractivity contribution >= 4 is 15.9 Å². The third-order valence-corrected chi connectivity index (χ3v) is 4.46. The summed E-state index contributed by atoms with van der Waals surface area (Å²) in [4.78, 5) is 0. The molecule has 2 rings (SSSR count). The van der Waals surface area contributed by atoms with E-state index in [1.165, 1.54) is 12.1 Å². The number of hydrogen-bond donors (Lipinski definition) is 2. The van der Waals surface area contributed by atoms with Gasteiger partial charge in [-0.3, -0.25) is 0 Å². The molecule has 2 aromatic carbocycles. The maximum absolute atomic E-state index is 13.0. The van der Waals surface area contributed by atoms with Crippen LogP contribution in [0.25, 0.3) is 0 Å². The lowest BCUT2D eigenvalue weighted by molar-refractivity contribution is 0.282. The molecule has 0 radical (unpaired) electrons. The first kappa shape index (κ1) is 20.7. The molecule has 0 aliphatic heterocycles. The van der Waals surface area contributed by atoms with Crippen molar-refractivity contribution < 1.29 is 13.9 Å². The SMILES string of the molecule is CCNCCCNCc1cc(Br)c(OCc2ccc(F)cc2)c(OC)c1. The van der Waals surface area contributed by atoms with Crippen molar-refractivity contribution in [3.63, 3.8) is 0 Å². The summed E-state index contributed by atoms with van der Waals surface area (Å²) in [5.41, 5.74) is 2.01. The normalized spacial score (nSPS) is 10.8. The highest BCUT2D eigenvalue weighted by atomic mass is 79.9. The van der Waals surface area contributed by atoms with Crippen LogP contribution in [0.15, 0.2) is 40.9 Å². The second-order valence-corrected chi connectivity index (χ2v) is 6.76. The van der Waals surface area contributed by atoms with Crippen molar-refractivity contribution in [2.24, 2.45) is 0 Å². The Labute approximate surface area is 163 Å². The van der Waals surface area contributed by atoms with Crippen molar-refractivity contribution in [3.8, 4) is 11.5 Å². The van der Waals surface area contributed by atoms with E-state index in [2.05, 4.69) is 33.5 Å². The molecule has 0 saturated carbocycles. The van der Waals surface area contributed by atoms with E-state index in [1.54, 1.807) is 19.2 Å². The van der Waals surface area contributed by atoms with E-state index in [0.717, 1.165) is 48.2 Å². The van der Waals surface area contributed by atoms with Crippen molar-refractivity contribution in [3.05, 3.63) is 57.8 Å². The quantitative estimate of drug-likeness (QED) is 0.528. The van der Waals surface area contributed by atoms with Gasteiger partial charge in [0.1, 0.15) is 12.4 Å². The lowest BCUT2D eigenvalue weighted by atomic mass is 10.2. The van der Waals surface area contributed by atoms with Crippen LogP contribution in [-0.4, -0.2) is 26.7 Å². The Hall–Kier alpha value is -1.63. The fourth-order valence-corrected chi connectivity index (χ4v) is 3.10. The van der Waals surface area contributed by atoms with Gasteiger partial charge in [-0.05, 0) is 77.4 Å². The van der Waals surface area contributed by atoms with Gasteiger partial charge in [0.25, 0.3) is 0 Å². The summed E-state index contributed by atoms with van der Waals surface area (Å²) in [6.07, 6.45) is 1.09. The topological polar surface area (TPSA) is 42.5 Å². The van der Waals surface area contributed by atoms with Crippen LogP contribution in [0, 0.1) is 5.82 Å². The summed E-state index contributed by atoms with van der Waals surface area (Å²) in [7, 11) is 1.63. The molecule has 0 saturated heterocycles. The summed E-state index contributed by atoms with van der Waals surface area (Å²) < 4.78 is 25.2. The molecule has 0 atom stereocenters. The monoisotopic (exact) mass is 424 g/mol. The molecule has 0 bridgehead atoms. The Balaban J connectivity index is 1.94. The first-order chi connectivity index (χ1) is 12.6. The molecule has 0 amide bonds. The summed E-state index contributed by atoms with van der Waals surface area (Å²) in [5.74, 6) is 1.06. The van der Waals surface area contributed by atoms with Crippen LogP contribution in [0.5, 0.6) is 11.5 Å². The molecule has 4 nitrogen and oxygen atoms in total. The first-order valence-corrected chi connectivity index (χ1v) is 9.58. The molecule has 0 aromatic heterocycles. The molecule has 0 heterocycles. The predicted octanol–water partition coefficient (Wildman–Crippen LogP) is 4.27. The van der Waals surface area contributed by atoms with Crippen LogP contribution in [0.4, 0.5) is 4.39 Å². The van der Waals surface area contributed by atoms with E-state index in [9.17, 15) is 4.39 Å². The van der Waals surface area contributed by atoms with Crippen LogP contribution in [0.3, 0.4) is 0 Å². The highest BCUT2D eigenvalue weighted by Gasteiger charge is 2.12. The fraction of sp³-hybridized carbons (Fsp3) is 0.400. The van der Waals surface area contributed by atoms with Crippen LogP contribution in [0.2, 0.25) is 0 Å². The molecule has 0 fully saturated rings. The van der Waals surface area contributed by atoms with Crippen LogP contribution < -0.4 is 20.1 Å².